The highest BCUT2D eigenvalue weighted by atomic mass is 32.2. The Morgan fingerprint density at radius 3 is 2.38 bits per heavy atom. The molecule has 1 heterocycles. The summed E-state index contributed by atoms with van der Waals surface area (Å²) in [5.74, 6) is 2.86. The second kappa shape index (κ2) is 7.47. The average molecular weight is 315 g/mol. The zero-order valence-electron chi connectivity index (χ0n) is 13.3. The van der Waals surface area contributed by atoms with Gasteiger partial charge >= 0.3 is 0 Å². The molecule has 0 amide bonds. The number of nitrogens with one attached hydrogen (secondary N) is 1. The van der Waals surface area contributed by atoms with Crippen molar-refractivity contribution < 1.29 is 8.42 Å². The Kier molecular flexibility index (Phi) is 5.90. The lowest BCUT2D eigenvalue weighted by molar-refractivity contribution is 0.299. The molecular weight excluding hydrogens is 286 g/mol. The second-order valence-electron chi connectivity index (χ2n) is 6.43. The lowest BCUT2D eigenvalue weighted by atomic mass is 9.82. The van der Waals surface area contributed by atoms with Gasteiger partial charge in [-0.15, -0.1) is 0 Å². The van der Waals surface area contributed by atoms with Crippen LogP contribution in [0.15, 0.2) is 4.99 Å². The highest BCUT2D eigenvalue weighted by molar-refractivity contribution is 7.90. The second-order valence-corrected chi connectivity index (χ2v) is 8.69. The molecule has 0 radical (unpaired) electrons. The van der Waals surface area contributed by atoms with Gasteiger partial charge in [-0.1, -0.05) is 12.8 Å². The first-order valence-corrected chi connectivity index (χ1v) is 10.3. The van der Waals surface area contributed by atoms with E-state index >= 15 is 0 Å². The molecule has 0 aromatic heterocycles. The number of hydrogen-bond acceptors (Lipinski definition) is 3. The highest BCUT2D eigenvalue weighted by Crippen LogP contribution is 2.35. The molecule has 1 aliphatic carbocycles. The van der Waals surface area contributed by atoms with Gasteiger partial charge in [0.15, 0.2) is 5.96 Å². The zero-order chi connectivity index (χ0) is 15.3. The summed E-state index contributed by atoms with van der Waals surface area (Å²) in [5, 5.41) is 3.36. The number of fused-ring (bicyclic) bond motifs is 1. The van der Waals surface area contributed by atoms with E-state index < -0.39 is 9.84 Å². The molecule has 122 valence electrons. The molecule has 2 aliphatic rings. The van der Waals surface area contributed by atoms with Gasteiger partial charge in [0.05, 0.1) is 5.75 Å². The predicted octanol–water partition coefficient (Wildman–Crippen LogP) is 1.51. The molecule has 0 aromatic carbocycles. The van der Waals surface area contributed by atoms with Crippen LogP contribution in [0.4, 0.5) is 0 Å². The predicted molar refractivity (Wildman–Crippen MR) is 87.3 cm³/mol. The van der Waals surface area contributed by atoms with Gasteiger partial charge in [0.2, 0.25) is 0 Å². The Labute approximate surface area is 129 Å². The molecule has 0 spiro atoms. The maximum absolute atomic E-state index is 11.2. The van der Waals surface area contributed by atoms with E-state index in [2.05, 4.69) is 22.1 Å². The van der Waals surface area contributed by atoms with E-state index in [1.807, 2.05) is 0 Å². The fraction of sp³-hybridized carbons (Fsp3) is 0.933. The van der Waals surface area contributed by atoms with Crippen LogP contribution < -0.4 is 5.32 Å². The molecule has 21 heavy (non-hydrogen) atoms. The van der Waals surface area contributed by atoms with Gasteiger partial charge in [0, 0.05) is 32.4 Å². The number of hydrogen-bond donors (Lipinski definition) is 1. The normalized spacial score (nSPS) is 26.8. The standard InChI is InChI=1S/C15H29N3O2S/c1-3-16-15(17-9-6-10-21(2,19)20)18-11-13-7-4-5-8-14(13)12-18/h13-14H,3-12H2,1-2H3,(H,16,17). The summed E-state index contributed by atoms with van der Waals surface area (Å²) in [6.07, 6.45) is 7.35. The minimum absolute atomic E-state index is 0.223. The van der Waals surface area contributed by atoms with Crippen LogP contribution in [0.5, 0.6) is 0 Å². The van der Waals surface area contributed by atoms with Gasteiger partial charge in [0.25, 0.3) is 0 Å². The van der Waals surface area contributed by atoms with Crippen LogP contribution in [0.3, 0.4) is 0 Å². The van der Waals surface area contributed by atoms with Crippen molar-refractivity contribution in [1.82, 2.24) is 10.2 Å². The Morgan fingerprint density at radius 2 is 1.86 bits per heavy atom. The average Bonchev–Trinajstić information content (AvgIpc) is 2.84. The lowest BCUT2D eigenvalue weighted by Crippen LogP contribution is -2.40. The molecule has 1 saturated heterocycles. The van der Waals surface area contributed by atoms with Gasteiger partial charge in [-0.3, -0.25) is 4.99 Å². The molecule has 6 heteroatoms. The van der Waals surface area contributed by atoms with Crippen LogP contribution in [0.1, 0.15) is 39.0 Å². The van der Waals surface area contributed by atoms with Crippen molar-refractivity contribution in [3.63, 3.8) is 0 Å². The summed E-state index contributed by atoms with van der Waals surface area (Å²) in [6.45, 7) is 5.75. The van der Waals surface area contributed by atoms with Crippen LogP contribution >= 0.6 is 0 Å². The Bertz CT molecular complexity index is 448. The summed E-state index contributed by atoms with van der Waals surface area (Å²) in [5.41, 5.74) is 0. The molecule has 5 nitrogen and oxygen atoms in total. The Balaban J connectivity index is 1.89. The smallest absolute Gasteiger partial charge is 0.193 e. The van der Waals surface area contributed by atoms with Gasteiger partial charge in [0.1, 0.15) is 9.84 Å². The lowest BCUT2D eigenvalue weighted by Gasteiger charge is -2.22. The summed E-state index contributed by atoms with van der Waals surface area (Å²) in [6, 6.07) is 0. The Hall–Kier alpha value is -0.780. The quantitative estimate of drug-likeness (QED) is 0.474. The van der Waals surface area contributed by atoms with E-state index in [4.69, 9.17) is 0 Å². The van der Waals surface area contributed by atoms with Crippen molar-refractivity contribution in [1.29, 1.82) is 0 Å². The van der Waals surface area contributed by atoms with E-state index in [-0.39, 0.29) is 5.75 Å². The maximum atomic E-state index is 11.2. The molecule has 2 unspecified atom stereocenters. The summed E-state index contributed by atoms with van der Waals surface area (Å²) >= 11 is 0. The summed E-state index contributed by atoms with van der Waals surface area (Å²) in [4.78, 5) is 7.00. The molecule has 2 rings (SSSR count). The van der Waals surface area contributed by atoms with Crippen molar-refractivity contribution in [2.24, 2.45) is 16.8 Å². The number of likely N-dealkylation sites (tertiary alicyclic amines) is 1. The minimum Gasteiger partial charge on any atom is -0.357 e. The monoisotopic (exact) mass is 315 g/mol. The van der Waals surface area contributed by atoms with Crippen molar-refractivity contribution in [3.8, 4) is 0 Å². The molecule has 2 fully saturated rings. The molecule has 1 aliphatic heterocycles. The minimum atomic E-state index is -2.87. The third kappa shape index (κ3) is 5.16. The van der Waals surface area contributed by atoms with Crippen LogP contribution in [-0.4, -0.2) is 57.5 Å². The van der Waals surface area contributed by atoms with Crippen LogP contribution in [0, 0.1) is 11.8 Å². The fourth-order valence-corrected chi connectivity index (χ4v) is 4.17. The van der Waals surface area contributed by atoms with E-state index in [9.17, 15) is 8.42 Å². The van der Waals surface area contributed by atoms with Crippen molar-refractivity contribution in [2.75, 3.05) is 38.2 Å². The SMILES string of the molecule is CCNC(=NCCCS(C)(=O)=O)N1CC2CCCCC2C1. The maximum Gasteiger partial charge on any atom is 0.193 e. The molecule has 0 aromatic rings. The number of sulfone groups is 1. The number of aliphatic imine (C=N–C) groups is 1. The first-order chi connectivity index (χ1) is 9.99. The molecule has 1 saturated carbocycles. The van der Waals surface area contributed by atoms with Gasteiger partial charge < -0.3 is 10.2 Å². The first kappa shape index (κ1) is 16.6. The number of nitrogens with zero attached hydrogens (tertiary/aromatic N) is 2. The van der Waals surface area contributed by atoms with Crippen molar-refractivity contribution in [3.05, 3.63) is 0 Å². The molecule has 2 atom stereocenters. The van der Waals surface area contributed by atoms with E-state index in [0.717, 1.165) is 37.4 Å². The highest BCUT2D eigenvalue weighted by Gasteiger charge is 2.35. The van der Waals surface area contributed by atoms with Gasteiger partial charge in [-0.25, -0.2) is 8.42 Å². The zero-order valence-corrected chi connectivity index (χ0v) is 14.2. The largest absolute Gasteiger partial charge is 0.357 e. The summed E-state index contributed by atoms with van der Waals surface area (Å²) in [7, 11) is -2.87. The first-order valence-electron chi connectivity index (χ1n) is 8.20. The van der Waals surface area contributed by atoms with Crippen LogP contribution in [-0.2, 0) is 9.84 Å². The van der Waals surface area contributed by atoms with Crippen LogP contribution in [0.2, 0.25) is 0 Å². The van der Waals surface area contributed by atoms with E-state index in [0.29, 0.717) is 13.0 Å². The van der Waals surface area contributed by atoms with Gasteiger partial charge in [-0.2, -0.15) is 0 Å². The van der Waals surface area contributed by atoms with Crippen molar-refractivity contribution >= 4 is 15.8 Å². The van der Waals surface area contributed by atoms with E-state index in [1.165, 1.54) is 31.9 Å². The summed E-state index contributed by atoms with van der Waals surface area (Å²) < 4.78 is 22.3. The molecule has 0 bridgehead atoms. The molecule has 1 N–H and O–H groups in total. The fourth-order valence-electron chi connectivity index (χ4n) is 3.52. The third-order valence-corrected chi connectivity index (χ3v) is 5.58. The topological polar surface area (TPSA) is 61.8 Å². The van der Waals surface area contributed by atoms with Gasteiger partial charge in [-0.05, 0) is 38.0 Å². The van der Waals surface area contributed by atoms with Crippen molar-refractivity contribution in [2.45, 2.75) is 39.0 Å². The Morgan fingerprint density at radius 1 is 1.24 bits per heavy atom. The number of guanidine groups is 1. The number of rotatable bonds is 5. The molecular formula is C15H29N3O2S. The van der Waals surface area contributed by atoms with E-state index in [1.54, 1.807) is 0 Å². The van der Waals surface area contributed by atoms with Crippen LogP contribution in [0.25, 0.3) is 0 Å². The third-order valence-electron chi connectivity index (χ3n) is 4.55.